The Labute approximate surface area is 116 Å². The van der Waals surface area contributed by atoms with Crippen molar-refractivity contribution in [2.24, 2.45) is 5.84 Å². The maximum atomic E-state index is 11.7. The SMILES string of the molecule is COc1c(NN)ncnc1N1CCN2C(=O)CCC2C1. The summed E-state index contributed by atoms with van der Waals surface area (Å²) in [6, 6.07) is 0.269. The monoisotopic (exact) mass is 278 g/mol. The van der Waals surface area contributed by atoms with Gasteiger partial charge in [0.1, 0.15) is 6.33 Å². The number of hydrogen-bond donors (Lipinski definition) is 2. The Kier molecular flexibility index (Phi) is 3.31. The molecule has 0 spiro atoms. The summed E-state index contributed by atoms with van der Waals surface area (Å²) in [5, 5.41) is 0. The number of ether oxygens (including phenoxy) is 1. The number of hydrogen-bond acceptors (Lipinski definition) is 7. The number of nitrogens with two attached hydrogens (primary N) is 1. The Hall–Kier alpha value is -2.09. The minimum atomic E-state index is 0.258. The van der Waals surface area contributed by atoms with Crippen LogP contribution in [0.2, 0.25) is 0 Å². The number of nitrogens with zero attached hydrogens (tertiary/aromatic N) is 4. The predicted octanol–water partition coefficient (Wildman–Crippen LogP) is -0.418. The van der Waals surface area contributed by atoms with Gasteiger partial charge < -0.3 is 20.0 Å². The summed E-state index contributed by atoms with van der Waals surface area (Å²) in [5.41, 5.74) is 2.51. The first-order valence-electron chi connectivity index (χ1n) is 6.64. The van der Waals surface area contributed by atoms with Crippen LogP contribution in [-0.4, -0.2) is 53.6 Å². The Morgan fingerprint density at radius 2 is 2.30 bits per heavy atom. The number of amides is 1. The number of nitrogen functional groups attached to an aromatic ring is 1. The molecule has 0 radical (unpaired) electrons. The van der Waals surface area contributed by atoms with E-state index in [1.807, 2.05) is 4.90 Å². The van der Waals surface area contributed by atoms with Crippen molar-refractivity contribution in [3.8, 4) is 5.75 Å². The van der Waals surface area contributed by atoms with Crippen LogP contribution in [-0.2, 0) is 4.79 Å². The molecule has 2 aliphatic rings. The zero-order valence-corrected chi connectivity index (χ0v) is 11.4. The first-order chi connectivity index (χ1) is 9.74. The summed E-state index contributed by atoms with van der Waals surface area (Å²) < 4.78 is 5.36. The highest BCUT2D eigenvalue weighted by atomic mass is 16.5. The summed E-state index contributed by atoms with van der Waals surface area (Å²) in [6.07, 6.45) is 3.01. The molecule has 20 heavy (non-hydrogen) atoms. The molecule has 1 aromatic rings. The molecule has 2 saturated heterocycles. The molecule has 0 aromatic carbocycles. The number of hydrazine groups is 1. The van der Waals surface area contributed by atoms with Crippen molar-refractivity contribution in [1.82, 2.24) is 14.9 Å². The normalized spacial score (nSPS) is 21.9. The largest absolute Gasteiger partial charge is 0.490 e. The minimum Gasteiger partial charge on any atom is -0.490 e. The number of piperazine rings is 1. The van der Waals surface area contributed by atoms with Gasteiger partial charge in [-0.1, -0.05) is 0 Å². The zero-order chi connectivity index (χ0) is 14.1. The van der Waals surface area contributed by atoms with Gasteiger partial charge in [-0.2, -0.15) is 0 Å². The molecule has 1 unspecified atom stereocenters. The summed E-state index contributed by atoms with van der Waals surface area (Å²) in [7, 11) is 1.57. The molecular weight excluding hydrogens is 260 g/mol. The maximum Gasteiger partial charge on any atom is 0.223 e. The standard InChI is InChI=1S/C12H18N6O2/c1-20-10-11(16-13)14-7-15-12(10)17-4-5-18-8(6-17)2-3-9(18)19/h7-8H,2-6,13H2,1H3,(H,14,15,16). The maximum absolute atomic E-state index is 11.7. The van der Waals surface area contributed by atoms with Crippen LogP contribution in [0.1, 0.15) is 12.8 Å². The Morgan fingerprint density at radius 3 is 3.05 bits per heavy atom. The Bertz CT molecular complexity index is 523. The second-order valence-electron chi connectivity index (χ2n) is 4.95. The number of aromatic nitrogens is 2. The molecular formula is C12H18N6O2. The van der Waals surface area contributed by atoms with Crippen LogP contribution in [0, 0.1) is 0 Å². The van der Waals surface area contributed by atoms with Gasteiger partial charge in [0.15, 0.2) is 11.6 Å². The molecule has 1 amide bonds. The number of carbonyl (C=O) groups excluding carboxylic acids is 1. The van der Waals surface area contributed by atoms with Gasteiger partial charge in [-0.3, -0.25) is 4.79 Å². The summed E-state index contributed by atoms with van der Waals surface area (Å²) in [5.74, 6) is 7.41. The van der Waals surface area contributed by atoms with E-state index in [9.17, 15) is 4.79 Å². The lowest BCUT2D eigenvalue weighted by molar-refractivity contribution is -0.129. The molecule has 2 fully saturated rings. The van der Waals surface area contributed by atoms with Gasteiger partial charge in [0, 0.05) is 32.1 Å². The van der Waals surface area contributed by atoms with Gasteiger partial charge in [-0.05, 0) is 6.42 Å². The van der Waals surface area contributed by atoms with E-state index in [4.69, 9.17) is 10.6 Å². The fraction of sp³-hybridized carbons (Fsp3) is 0.583. The van der Waals surface area contributed by atoms with Gasteiger partial charge in [0.25, 0.3) is 0 Å². The highest BCUT2D eigenvalue weighted by molar-refractivity contribution is 5.79. The molecule has 0 bridgehead atoms. The second-order valence-corrected chi connectivity index (χ2v) is 4.95. The molecule has 3 heterocycles. The van der Waals surface area contributed by atoms with E-state index in [0.717, 1.165) is 31.9 Å². The summed E-state index contributed by atoms with van der Waals surface area (Å²) in [6.45, 7) is 2.23. The van der Waals surface area contributed by atoms with Crippen molar-refractivity contribution in [1.29, 1.82) is 0 Å². The number of rotatable bonds is 3. The molecule has 108 valence electrons. The predicted molar refractivity (Wildman–Crippen MR) is 73.3 cm³/mol. The highest BCUT2D eigenvalue weighted by Crippen LogP contribution is 2.34. The van der Waals surface area contributed by atoms with E-state index in [2.05, 4.69) is 20.3 Å². The molecule has 1 atom stereocenters. The van der Waals surface area contributed by atoms with Crippen molar-refractivity contribution in [3.63, 3.8) is 0 Å². The van der Waals surface area contributed by atoms with Crippen molar-refractivity contribution in [2.45, 2.75) is 18.9 Å². The van der Waals surface area contributed by atoms with E-state index in [-0.39, 0.29) is 11.9 Å². The Morgan fingerprint density at radius 1 is 1.45 bits per heavy atom. The average Bonchev–Trinajstić information content (AvgIpc) is 2.87. The van der Waals surface area contributed by atoms with Gasteiger partial charge in [-0.25, -0.2) is 15.8 Å². The summed E-state index contributed by atoms with van der Waals surface area (Å²) >= 11 is 0. The van der Waals surface area contributed by atoms with Gasteiger partial charge in [0.05, 0.1) is 7.11 Å². The number of nitrogens with one attached hydrogen (secondary N) is 1. The molecule has 8 heteroatoms. The van der Waals surface area contributed by atoms with E-state index >= 15 is 0 Å². The van der Waals surface area contributed by atoms with Crippen molar-refractivity contribution in [2.75, 3.05) is 37.1 Å². The van der Waals surface area contributed by atoms with Crippen LogP contribution in [0.3, 0.4) is 0 Å². The third-order valence-electron chi connectivity index (χ3n) is 3.92. The van der Waals surface area contributed by atoms with Crippen LogP contribution in [0.15, 0.2) is 6.33 Å². The lowest BCUT2D eigenvalue weighted by Crippen LogP contribution is -2.51. The third-order valence-corrected chi connectivity index (χ3v) is 3.92. The van der Waals surface area contributed by atoms with Crippen LogP contribution in [0.5, 0.6) is 5.75 Å². The summed E-state index contributed by atoms with van der Waals surface area (Å²) in [4.78, 5) is 24.1. The lowest BCUT2D eigenvalue weighted by atomic mass is 10.1. The average molecular weight is 278 g/mol. The van der Waals surface area contributed by atoms with Crippen LogP contribution >= 0.6 is 0 Å². The van der Waals surface area contributed by atoms with E-state index in [1.54, 1.807) is 7.11 Å². The number of anilines is 2. The smallest absolute Gasteiger partial charge is 0.223 e. The zero-order valence-electron chi connectivity index (χ0n) is 11.4. The minimum absolute atomic E-state index is 0.258. The van der Waals surface area contributed by atoms with E-state index in [0.29, 0.717) is 18.0 Å². The van der Waals surface area contributed by atoms with Crippen LogP contribution < -0.4 is 20.9 Å². The molecule has 3 N–H and O–H groups in total. The molecule has 8 nitrogen and oxygen atoms in total. The van der Waals surface area contributed by atoms with Gasteiger partial charge in [-0.15, -0.1) is 0 Å². The third kappa shape index (κ3) is 2.01. The topological polar surface area (TPSA) is 96.6 Å². The second kappa shape index (κ2) is 5.12. The first-order valence-corrected chi connectivity index (χ1v) is 6.64. The van der Waals surface area contributed by atoms with Gasteiger partial charge in [0.2, 0.25) is 11.7 Å². The molecule has 1 aromatic heterocycles. The van der Waals surface area contributed by atoms with Crippen molar-refractivity contribution >= 4 is 17.5 Å². The van der Waals surface area contributed by atoms with Crippen molar-refractivity contribution < 1.29 is 9.53 Å². The molecule has 2 aliphatic heterocycles. The fourth-order valence-electron chi connectivity index (χ4n) is 2.94. The Balaban J connectivity index is 1.85. The quantitative estimate of drug-likeness (QED) is 0.572. The van der Waals surface area contributed by atoms with E-state index in [1.165, 1.54) is 6.33 Å². The van der Waals surface area contributed by atoms with Gasteiger partial charge >= 0.3 is 0 Å². The molecule has 3 rings (SSSR count). The number of fused-ring (bicyclic) bond motifs is 1. The number of methoxy groups -OCH3 is 1. The lowest BCUT2D eigenvalue weighted by Gasteiger charge is -2.38. The first kappa shape index (κ1) is 12.9. The fourth-order valence-corrected chi connectivity index (χ4v) is 2.94. The van der Waals surface area contributed by atoms with E-state index < -0.39 is 0 Å². The number of carbonyl (C=O) groups is 1. The molecule has 0 aliphatic carbocycles. The molecule has 0 saturated carbocycles. The van der Waals surface area contributed by atoms with Crippen LogP contribution in [0.4, 0.5) is 11.6 Å². The van der Waals surface area contributed by atoms with Crippen LogP contribution in [0.25, 0.3) is 0 Å². The van der Waals surface area contributed by atoms with Crippen molar-refractivity contribution in [3.05, 3.63) is 6.33 Å². The highest BCUT2D eigenvalue weighted by Gasteiger charge is 2.36.